The van der Waals surface area contributed by atoms with Crippen molar-refractivity contribution in [1.29, 1.82) is 0 Å². The molecule has 9 nitrogen and oxygen atoms in total. The van der Waals surface area contributed by atoms with E-state index >= 15 is 0 Å². The van der Waals surface area contributed by atoms with Gasteiger partial charge in [-0.05, 0) is 37.0 Å². The number of nitrogens with zero attached hydrogens (tertiary/aromatic N) is 5. The molecule has 0 bridgehead atoms. The number of aliphatic hydroxyl groups excluding tert-OH is 1. The highest BCUT2D eigenvalue weighted by Crippen LogP contribution is 2.38. The molecule has 1 unspecified atom stereocenters. The van der Waals surface area contributed by atoms with Crippen molar-refractivity contribution >= 4 is 11.6 Å². The van der Waals surface area contributed by atoms with Crippen LogP contribution in [0.15, 0.2) is 24.5 Å². The zero-order chi connectivity index (χ0) is 26.4. The highest BCUT2D eigenvalue weighted by atomic mass is 19.4. The average molecular weight is 532 g/mol. The van der Waals surface area contributed by atoms with E-state index in [1.807, 2.05) is 0 Å². The number of anilines is 1. The van der Waals surface area contributed by atoms with Crippen molar-refractivity contribution < 1.29 is 40.9 Å². The molecule has 4 heterocycles. The molecule has 1 saturated heterocycles. The molecule has 2 fully saturated rings. The van der Waals surface area contributed by atoms with Crippen LogP contribution in [0.25, 0.3) is 5.65 Å². The highest BCUT2D eigenvalue weighted by Gasteiger charge is 2.40. The molecule has 1 aliphatic carbocycles. The minimum atomic E-state index is -4.81. The normalized spacial score (nSPS) is 22.0. The fraction of sp³-hybridized carbons (Fsp3) is 0.545. The Hall–Kier alpha value is -3.20. The number of hydrogen-bond donors (Lipinski definition) is 2. The smallest absolute Gasteiger partial charge is 0.423 e. The lowest BCUT2D eigenvalue weighted by Crippen LogP contribution is -2.39. The fourth-order valence-corrected chi connectivity index (χ4v) is 4.46. The van der Waals surface area contributed by atoms with Crippen LogP contribution in [0.1, 0.15) is 54.7 Å². The zero-order valence-corrected chi connectivity index (χ0v) is 19.1. The van der Waals surface area contributed by atoms with Gasteiger partial charge in [-0.2, -0.15) is 31.3 Å². The van der Waals surface area contributed by atoms with Gasteiger partial charge in [0.05, 0.1) is 13.2 Å². The van der Waals surface area contributed by atoms with Crippen LogP contribution < -0.4 is 10.1 Å². The molecule has 1 aliphatic heterocycles. The van der Waals surface area contributed by atoms with Crippen molar-refractivity contribution in [1.82, 2.24) is 24.6 Å². The lowest BCUT2D eigenvalue weighted by molar-refractivity contribution is -0.206. The molecular weight excluding hydrogens is 510 g/mol. The summed E-state index contributed by atoms with van der Waals surface area (Å²) in [6.07, 6.45) is -7.85. The molecular formula is C22H22F6N6O3. The van der Waals surface area contributed by atoms with E-state index in [1.165, 1.54) is 12.3 Å². The van der Waals surface area contributed by atoms with Crippen molar-refractivity contribution in [3.63, 3.8) is 0 Å². The number of hydrogen-bond acceptors (Lipinski definition) is 8. The lowest BCUT2D eigenvalue weighted by atomic mass is 9.85. The van der Waals surface area contributed by atoms with Crippen LogP contribution in [0.3, 0.4) is 0 Å². The predicted octanol–water partition coefficient (Wildman–Crippen LogP) is 4.05. The van der Waals surface area contributed by atoms with Gasteiger partial charge in [0, 0.05) is 24.4 Å². The molecule has 200 valence electrons. The topological polar surface area (TPSA) is 107 Å². The number of aliphatic hydroxyl groups is 1. The van der Waals surface area contributed by atoms with Gasteiger partial charge in [-0.3, -0.25) is 4.40 Å². The maximum Gasteiger partial charge on any atom is 0.423 e. The molecule has 1 saturated carbocycles. The summed E-state index contributed by atoms with van der Waals surface area (Å²) in [7, 11) is 0. The quantitative estimate of drug-likeness (QED) is 0.458. The Kier molecular flexibility index (Phi) is 6.60. The summed E-state index contributed by atoms with van der Waals surface area (Å²) in [5.74, 6) is -0.162. The summed E-state index contributed by atoms with van der Waals surface area (Å²) in [6.45, 7) is 0.356. The Bertz CT molecular complexity index is 1260. The Labute approximate surface area is 205 Å². The molecule has 3 atom stereocenters. The monoisotopic (exact) mass is 532 g/mol. The van der Waals surface area contributed by atoms with E-state index in [4.69, 9.17) is 9.47 Å². The second kappa shape index (κ2) is 9.59. The van der Waals surface area contributed by atoms with E-state index in [0.29, 0.717) is 24.9 Å². The summed E-state index contributed by atoms with van der Waals surface area (Å²) >= 11 is 0. The largest absolute Gasteiger partial charge is 0.469 e. The molecule has 3 aromatic rings. The van der Waals surface area contributed by atoms with Gasteiger partial charge in [0.25, 0.3) is 0 Å². The van der Waals surface area contributed by atoms with E-state index in [0.717, 1.165) is 18.9 Å². The van der Waals surface area contributed by atoms with Crippen molar-refractivity contribution in [2.75, 3.05) is 18.5 Å². The first-order valence-electron chi connectivity index (χ1n) is 11.5. The van der Waals surface area contributed by atoms with Gasteiger partial charge in [0.15, 0.2) is 11.8 Å². The SMILES string of the molecule is OC(c1ccn2c([C@H]3CCC[C@@H](Nc4ncc(C(F)(F)F)c(OC5COC5)n4)C3)nnc2c1)C(F)(F)F. The molecule has 15 heteroatoms. The van der Waals surface area contributed by atoms with Crippen LogP contribution in [-0.4, -0.2) is 61.2 Å². The van der Waals surface area contributed by atoms with Gasteiger partial charge in [-0.15, -0.1) is 10.2 Å². The van der Waals surface area contributed by atoms with Gasteiger partial charge in [-0.1, -0.05) is 6.42 Å². The van der Waals surface area contributed by atoms with E-state index in [2.05, 4.69) is 25.5 Å². The van der Waals surface area contributed by atoms with Gasteiger partial charge < -0.3 is 19.9 Å². The van der Waals surface area contributed by atoms with Crippen LogP contribution >= 0.6 is 0 Å². The fourth-order valence-electron chi connectivity index (χ4n) is 4.46. The summed E-state index contributed by atoms with van der Waals surface area (Å²) in [5.41, 5.74) is -1.25. The van der Waals surface area contributed by atoms with Crippen LogP contribution in [0.4, 0.5) is 32.3 Å². The van der Waals surface area contributed by atoms with Crippen molar-refractivity contribution in [3.05, 3.63) is 41.5 Å². The first-order valence-corrected chi connectivity index (χ1v) is 11.5. The van der Waals surface area contributed by atoms with Crippen LogP contribution in [-0.2, 0) is 10.9 Å². The van der Waals surface area contributed by atoms with E-state index in [1.54, 1.807) is 4.40 Å². The highest BCUT2D eigenvalue weighted by molar-refractivity contribution is 5.43. The third kappa shape index (κ3) is 5.42. The molecule has 0 radical (unpaired) electrons. The number of nitrogens with one attached hydrogen (secondary N) is 1. The van der Waals surface area contributed by atoms with Crippen LogP contribution in [0.5, 0.6) is 5.88 Å². The summed E-state index contributed by atoms with van der Waals surface area (Å²) < 4.78 is 90.6. The summed E-state index contributed by atoms with van der Waals surface area (Å²) in [4.78, 5) is 7.80. The minimum Gasteiger partial charge on any atom is -0.469 e. The number of alkyl halides is 6. The van der Waals surface area contributed by atoms with Crippen LogP contribution in [0.2, 0.25) is 0 Å². The first kappa shape index (κ1) is 25.4. The van der Waals surface area contributed by atoms with Gasteiger partial charge in [0.2, 0.25) is 11.8 Å². The molecule has 0 aromatic carbocycles. The molecule has 5 rings (SSSR count). The maximum atomic E-state index is 13.4. The number of aromatic nitrogens is 5. The Morgan fingerprint density at radius 2 is 1.92 bits per heavy atom. The molecule has 2 aliphatic rings. The zero-order valence-electron chi connectivity index (χ0n) is 19.1. The molecule has 3 aromatic heterocycles. The second-order valence-corrected chi connectivity index (χ2v) is 9.08. The van der Waals surface area contributed by atoms with Crippen molar-refractivity contribution in [2.24, 2.45) is 0 Å². The minimum absolute atomic E-state index is 0.00854. The van der Waals surface area contributed by atoms with Crippen LogP contribution in [0, 0.1) is 0 Å². The molecule has 37 heavy (non-hydrogen) atoms. The summed E-state index contributed by atoms with van der Waals surface area (Å²) in [5, 5.41) is 20.7. The standard InChI is InChI=1S/C22H22F6N6O3/c23-21(24,25)15-8-29-20(31-19(15)37-14-9-36-10-14)30-13-3-1-2-12(6-13)18-33-32-16-7-11(4-5-34(16)18)17(35)22(26,27)28/h4-5,7-8,12-14,17,35H,1-3,6,9-10H2,(H,29,30,31)/t12-,13+,17?/m0/s1. The Balaban J connectivity index is 1.32. The third-order valence-electron chi connectivity index (χ3n) is 6.40. The molecule has 2 N–H and O–H groups in total. The van der Waals surface area contributed by atoms with E-state index < -0.39 is 36.0 Å². The first-order chi connectivity index (χ1) is 17.5. The number of ether oxygens (including phenoxy) is 2. The van der Waals surface area contributed by atoms with Gasteiger partial charge >= 0.3 is 12.4 Å². The summed E-state index contributed by atoms with van der Waals surface area (Å²) in [6, 6.07) is 2.10. The third-order valence-corrected chi connectivity index (χ3v) is 6.40. The number of pyridine rings is 1. The average Bonchev–Trinajstić information content (AvgIpc) is 3.23. The molecule has 0 spiro atoms. The van der Waals surface area contributed by atoms with Crippen molar-refractivity contribution in [2.45, 2.75) is 62.2 Å². The van der Waals surface area contributed by atoms with Gasteiger partial charge in [0.1, 0.15) is 17.5 Å². The number of fused-ring (bicyclic) bond motifs is 1. The van der Waals surface area contributed by atoms with Gasteiger partial charge in [-0.25, -0.2) is 4.98 Å². The number of rotatable bonds is 6. The second-order valence-electron chi connectivity index (χ2n) is 9.08. The molecule has 0 amide bonds. The number of halogens is 6. The predicted molar refractivity (Wildman–Crippen MR) is 115 cm³/mol. The Morgan fingerprint density at radius 3 is 2.59 bits per heavy atom. The maximum absolute atomic E-state index is 13.4. The lowest BCUT2D eigenvalue weighted by Gasteiger charge is -2.30. The van der Waals surface area contributed by atoms with E-state index in [-0.39, 0.29) is 42.3 Å². The van der Waals surface area contributed by atoms with E-state index in [9.17, 15) is 31.4 Å². The van der Waals surface area contributed by atoms with Crippen molar-refractivity contribution in [3.8, 4) is 5.88 Å². The Morgan fingerprint density at radius 1 is 1.14 bits per heavy atom.